The Labute approximate surface area is 172 Å². The zero-order valence-electron chi connectivity index (χ0n) is 18.0. The summed E-state index contributed by atoms with van der Waals surface area (Å²) in [4.78, 5) is 27.8. The molecule has 0 spiro atoms. The first kappa shape index (κ1) is 22.8. The van der Waals surface area contributed by atoms with Gasteiger partial charge in [-0.25, -0.2) is 4.79 Å². The monoisotopic (exact) mass is 403 g/mol. The maximum absolute atomic E-state index is 12.8. The maximum Gasteiger partial charge on any atom is 0.343 e. The smallest absolute Gasteiger partial charge is 0.343 e. The number of benzene rings is 1. The molecule has 6 heteroatoms. The third-order valence-electron chi connectivity index (χ3n) is 4.56. The van der Waals surface area contributed by atoms with Crippen LogP contribution in [0.15, 0.2) is 23.1 Å². The van der Waals surface area contributed by atoms with Crippen molar-refractivity contribution in [2.45, 2.75) is 72.3 Å². The number of rotatable bonds is 12. The Morgan fingerprint density at radius 3 is 2.45 bits per heavy atom. The Hall–Kier alpha value is -2.50. The van der Waals surface area contributed by atoms with E-state index < -0.39 is 5.97 Å². The largest absolute Gasteiger partial charge is 0.490 e. The third-order valence-corrected chi connectivity index (χ3v) is 4.56. The van der Waals surface area contributed by atoms with Gasteiger partial charge >= 0.3 is 5.97 Å². The lowest BCUT2D eigenvalue weighted by Crippen LogP contribution is -2.18. The molecule has 1 aromatic heterocycles. The summed E-state index contributed by atoms with van der Waals surface area (Å²) in [5.41, 5.74) is 0.196. The van der Waals surface area contributed by atoms with E-state index >= 15 is 0 Å². The van der Waals surface area contributed by atoms with Crippen LogP contribution in [0.1, 0.15) is 76.6 Å². The number of aromatic amines is 1. The van der Waals surface area contributed by atoms with Crippen LogP contribution in [-0.4, -0.2) is 30.3 Å². The number of hydrogen-bond acceptors (Lipinski definition) is 5. The van der Waals surface area contributed by atoms with Gasteiger partial charge in [0.1, 0.15) is 5.56 Å². The first-order valence-corrected chi connectivity index (χ1v) is 10.6. The van der Waals surface area contributed by atoms with Gasteiger partial charge in [0, 0.05) is 12.3 Å². The van der Waals surface area contributed by atoms with Gasteiger partial charge in [0.05, 0.1) is 30.2 Å². The molecule has 0 aliphatic heterocycles. The molecule has 1 N–H and O–H groups in total. The van der Waals surface area contributed by atoms with Gasteiger partial charge in [0.2, 0.25) is 5.43 Å². The molecule has 1 aromatic carbocycles. The van der Waals surface area contributed by atoms with E-state index in [1.165, 1.54) is 31.9 Å². The minimum Gasteiger partial charge on any atom is -0.490 e. The van der Waals surface area contributed by atoms with Crippen LogP contribution in [-0.2, 0) is 4.74 Å². The molecule has 0 radical (unpaired) electrons. The summed E-state index contributed by atoms with van der Waals surface area (Å²) < 4.78 is 16.8. The molecule has 1 heterocycles. The Morgan fingerprint density at radius 1 is 1.03 bits per heavy atom. The van der Waals surface area contributed by atoms with Crippen LogP contribution in [0.5, 0.6) is 11.5 Å². The van der Waals surface area contributed by atoms with Gasteiger partial charge < -0.3 is 19.2 Å². The average molecular weight is 404 g/mol. The molecule has 0 aliphatic carbocycles. The molecule has 0 atom stereocenters. The van der Waals surface area contributed by atoms with Crippen LogP contribution < -0.4 is 14.9 Å². The van der Waals surface area contributed by atoms with E-state index in [1.54, 1.807) is 19.1 Å². The maximum atomic E-state index is 12.8. The lowest BCUT2D eigenvalue weighted by molar-refractivity contribution is 0.0524. The first-order valence-electron chi connectivity index (χ1n) is 10.6. The second-order valence-corrected chi connectivity index (χ2v) is 7.38. The van der Waals surface area contributed by atoms with Crippen LogP contribution in [0.25, 0.3) is 10.9 Å². The van der Waals surface area contributed by atoms with Crippen molar-refractivity contribution in [1.82, 2.24) is 4.98 Å². The van der Waals surface area contributed by atoms with Crippen LogP contribution in [0.3, 0.4) is 0 Å². The van der Waals surface area contributed by atoms with Gasteiger partial charge in [-0.05, 0) is 33.3 Å². The average Bonchev–Trinajstić information content (AvgIpc) is 2.68. The molecule has 0 saturated heterocycles. The zero-order chi connectivity index (χ0) is 21.2. The number of carbonyl (C=O) groups is 1. The number of esters is 1. The molecule has 2 aromatic rings. The molecule has 6 nitrogen and oxygen atoms in total. The highest BCUT2D eigenvalue weighted by Crippen LogP contribution is 2.32. The summed E-state index contributed by atoms with van der Waals surface area (Å²) in [6.07, 6.45) is 8.36. The number of unbranched alkanes of at least 4 members (excludes halogenated alkanes) is 5. The van der Waals surface area contributed by atoms with Gasteiger partial charge in [-0.15, -0.1) is 0 Å². The van der Waals surface area contributed by atoms with Crippen molar-refractivity contribution in [2.24, 2.45) is 0 Å². The number of aromatic nitrogens is 1. The summed E-state index contributed by atoms with van der Waals surface area (Å²) in [7, 11) is 0. The second kappa shape index (κ2) is 11.5. The molecule has 0 bridgehead atoms. The van der Waals surface area contributed by atoms with E-state index in [9.17, 15) is 9.59 Å². The highest BCUT2D eigenvalue weighted by molar-refractivity contribution is 5.94. The Morgan fingerprint density at radius 2 is 1.76 bits per heavy atom. The highest BCUT2D eigenvalue weighted by Gasteiger charge is 2.17. The number of fused-ring (bicyclic) bond motifs is 1. The summed E-state index contributed by atoms with van der Waals surface area (Å²) in [5, 5.41) is 0.379. The number of H-pyrrole nitrogens is 1. The standard InChI is InChI=1S/C23H33NO5/c1-5-7-8-9-10-11-12-28-20-13-17-19(14-21(20)29-16(3)4)24-15-18(22(17)25)23(26)27-6-2/h13-16H,5-12H2,1-4H3,(H,24,25). The lowest BCUT2D eigenvalue weighted by Gasteiger charge is -2.16. The van der Waals surface area contributed by atoms with Crippen LogP contribution in [0.2, 0.25) is 0 Å². The quantitative estimate of drug-likeness (QED) is 0.388. The summed E-state index contributed by atoms with van der Waals surface area (Å²) in [6, 6.07) is 3.41. The zero-order valence-corrected chi connectivity index (χ0v) is 18.0. The molecular formula is C23H33NO5. The van der Waals surface area contributed by atoms with Crippen molar-refractivity contribution in [1.29, 1.82) is 0 Å². The number of ether oxygens (including phenoxy) is 3. The number of hydrogen-bond donors (Lipinski definition) is 1. The molecule has 0 unspecified atom stereocenters. The number of pyridine rings is 1. The van der Waals surface area contributed by atoms with E-state index in [1.807, 2.05) is 13.8 Å². The van der Waals surface area contributed by atoms with Crippen molar-refractivity contribution in [2.75, 3.05) is 13.2 Å². The summed E-state index contributed by atoms with van der Waals surface area (Å²) in [5.74, 6) is 0.469. The molecule has 0 saturated carbocycles. The minimum atomic E-state index is -0.632. The van der Waals surface area contributed by atoms with Crippen molar-refractivity contribution < 1.29 is 19.0 Å². The fraction of sp³-hybridized carbons (Fsp3) is 0.565. The van der Waals surface area contributed by atoms with Crippen molar-refractivity contribution in [3.05, 3.63) is 34.1 Å². The van der Waals surface area contributed by atoms with E-state index in [-0.39, 0.29) is 23.7 Å². The SMILES string of the molecule is CCCCCCCCOc1cc2c(=O)c(C(=O)OCC)c[nH]c2cc1OC(C)C. The van der Waals surface area contributed by atoms with Crippen molar-refractivity contribution >= 4 is 16.9 Å². The minimum absolute atomic E-state index is 0.0150. The predicted molar refractivity (Wildman–Crippen MR) is 115 cm³/mol. The normalized spacial score (nSPS) is 11.1. The number of nitrogens with one attached hydrogen (secondary N) is 1. The topological polar surface area (TPSA) is 77.6 Å². The Balaban J connectivity index is 2.24. The van der Waals surface area contributed by atoms with Crippen LogP contribution in [0, 0.1) is 0 Å². The first-order chi connectivity index (χ1) is 14.0. The molecule has 0 aliphatic rings. The summed E-state index contributed by atoms with van der Waals surface area (Å²) >= 11 is 0. The van der Waals surface area contributed by atoms with Crippen molar-refractivity contribution in [3.63, 3.8) is 0 Å². The molecule has 0 fully saturated rings. The molecule has 0 amide bonds. The predicted octanol–water partition coefficient (Wildman–Crippen LogP) is 5.23. The van der Waals surface area contributed by atoms with Crippen LogP contribution in [0.4, 0.5) is 0 Å². The third kappa shape index (κ3) is 6.51. The van der Waals surface area contributed by atoms with Gasteiger partial charge in [0.15, 0.2) is 11.5 Å². The Kier molecular flexibility index (Phi) is 9.03. The van der Waals surface area contributed by atoms with E-state index in [4.69, 9.17) is 14.2 Å². The number of carbonyl (C=O) groups excluding carboxylic acids is 1. The van der Waals surface area contributed by atoms with Gasteiger partial charge in [-0.3, -0.25) is 4.79 Å². The molecule has 29 heavy (non-hydrogen) atoms. The van der Waals surface area contributed by atoms with E-state index in [2.05, 4.69) is 11.9 Å². The van der Waals surface area contributed by atoms with Gasteiger partial charge in [0.25, 0.3) is 0 Å². The van der Waals surface area contributed by atoms with Gasteiger partial charge in [-0.2, -0.15) is 0 Å². The fourth-order valence-corrected chi connectivity index (χ4v) is 3.11. The van der Waals surface area contributed by atoms with Crippen LogP contribution >= 0.6 is 0 Å². The lowest BCUT2D eigenvalue weighted by atomic mass is 10.1. The van der Waals surface area contributed by atoms with E-state index in [0.29, 0.717) is 29.0 Å². The summed E-state index contributed by atoms with van der Waals surface area (Å²) in [6.45, 7) is 8.55. The molecular weight excluding hydrogens is 370 g/mol. The van der Waals surface area contributed by atoms with Crippen molar-refractivity contribution in [3.8, 4) is 11.5 Å². The van der Waals surface area contributed by atoms with Gasteiger partial charge in [-0.1, -0.05) is 39.0 Å². The van der Waals surface area contributed by atoms with E-state index in [0.717, 1.165) is 12.8 Å². The Bertz CT molecular complexity index is 856. The fourth-order valence-electron chi connectivity index (χ4n) is 3.11. The molecule has 160 valence electrons. The second-order valence-electron chi connectivity index (χ2n) is 7.38. The molecule has 2 rings (SSSR count). The highest BCUT2D eigenvalue weighted by atomic mass is 16.5.